The molecule has 0 saturated carbocycles. The van der Waals surface area contributed by atoms with Gasteiger partial charge in [-0.15, -0.1) is 5.92 Å². The molecule has 0 spiro atoms. The van der Waals surface area contributed by atoms with E-state index in [-0.39, 0.29) is 5.97 Å². The minimum absolute atomic E-state index is 0.231. The summed E-state index contributed by atoms with van der Waals surface area (Å²) in [7, 11) is 3.20. The van der Waals surface area contributed by atoms with Gasteiger partial charge in [-0.05, 0) is 14.0 Å². The van der Waals surface area contributed by atoms with E-state index in [0.717, 1.165) is 0 Å². The number of rotatable bonds is 3. The Morgan fingerprint density at radius 2 is 2.27 bits per heavy atom. The zero-order valence-corrected chi connectivity index (χ0v) is 7.18. The highest BCUT2D eigenvalue weighted by Crippen LogP contribution is 1.82. The number of ether oxygens (including phenoxy) is 1. The molecule has 0 aliphatic carbocycles. The van der Waals surface area contributed by atoms with Crippen molar-refractivity contribution in [1.82, 2.24) is 4.90 Å². The minimum Gasteiger partial charge on any atom is -0.468 e. The third-order valence-corrected chi connectivity index (χ3v) is 1.15. The van der Waals surface area contributed by atoms with Crippen LogP contribution in [0.4, 0.5) is 0 Å². The van der Waals surface area contributed by atoms with Gasteiger partial charge in [0.2, 0.25) is 0 Å². The SMILES string of the molecule is CC#CCN(C)CC(=O)OC. The molecule has 0 aliphatic rings. The predicted octanol–water partition coefficient (Wildman–Crippen LogP) is 0.114. The zero-order chi connectivity index (χ0) is 8.69. The Morgan fingerprint density at radius 1 is 1.64 bits per heavy atom. The van der Waals surface area contributed by atoms with Crippen LogP contribution in [0.2, 0.25) is 0 Å². The van der Waals surface area contributed by atoms with Crippen LogP contribution in [0.15, 0.2) is 0 Å². The fraction of sp³-hybridized carbons (Fsp3) is 0.625. The van der Waals surface area contributed by atoms with Crippen LogP contribution in [0.1, 0.15) is 6.92 Å². The zero-order valence-electron chi connectivity index (χ0n) is 7.18. The number of esters is 1. The molecule has 0 amide bonds. The van der Waals surface area contributed by atoms with Crippen LogP contribution >= 0.6 is 0 Å². The summed E-state index contributed by atoms with van der Waals surface area (Å²) in [6.07, 6.45) is 0. The van der Waals surface area contributed by atoms with Crippen LogP contribution in [0.25, 0.3) is 0 Å². The maximum Gasteiger partial charge on any atom is 0.319 e. The molecule has 0 rings (SSSR count). The Bertz CT molecular complexity index is 178. The van der Waals surface area contributed by atoms with Crippen LogP contribution in [-0.2, 0) is 9.53 Å². The average molecular weight is 155 g/mol. The van der Waals surface area contributed by atoms with Gasteiger partial charge in [0.15, 0.2) is 0 Å². The van der Waals surface area contributed by atoms with E-state index in [1.165, 1.54) is 7.11 Å². The second-order valence-corrected chi connectivity index (χ2v) is 2.18. The van der Waals surface area contributed by atoms with Gasteiger partial charge >= 0.3 is 5.97 Å². The Labute approximate surface area is 67.3 Å². The van der Waals surface area contributed by atoms with E-state index in [4.69, 9.17) is 0 Å². The number of hydrogen-bond donors (Lipinski definition) is 0. The smallest absolute Gasteiger partial charge is 0.319 e. The van der Waals surface area contributed by atoms with Crippen LogP contribution < -0.4 is 0 Å². The molecule has 3 nitrogen and oxygen atoms in total. The molecule has 0 atom stereocenters. The second-order valence-electron chi connectivity index (χ2n) is 2.18. The van der Waals surface area contributed by atoms with E-state index < -0.39 is 0 Å². The lowest BCUT2D eigenvalue weighted by atomic mass is 10.5. The lowest BCUT2D eigenvalue weighted by Gasteiger charge is -2.10. The Morgan fingerprint density at radius 3 is 2.73 bits per heavy atom. The van der Waals surface area contributed by atoms with Gasteiger partial charge in [0.05, 0.1) is 20.2 Å². The number of hydrogen-bond acceptors (Lipinski definition) is 3. The van der Waals surface area contributed by atoms with Crippen molar-refractivity contribution in [2.45, 2.75) is 6.92 Å². The molecule has 0 aromatic heterocycles. The first-order valence-electron chi connectivity index (χ1n) is 3.35. The monoisotopic (exact) mass is 155 g/mol. The van der Waals surface area contributed by atoms with Crippen LogP contribution in [0.5, 0.6) is 0 Å². The normalized spacial score (nSPS) is 8.73. The Balaban J connectivity index is 3.57. The predicted molar refractivity (Wildman–Crippen MR) is 43.0 cm³/mol. The van der Waals surface area contributed by atoms with E-state index in [0.29, 0.717) is 13.1 Å². The van der Waals surface area contributed by atoms with Crippen molar-refractivity contribution in [3.8, 4) is 11.8 Å². The summed E-state index contributed by atoms with van der Waals surface area (Å²) in [6, 6.07) is 0. The molecule has 3 heteroatoms. The lowest BCUT2D eigenvalue weighted by Crippen LogP contribution is -2.26. The van der Waals surface area contributed by atoms with Gasteiger partial charge in [-0.1, -0.05) is 5.92 Å². The molecule has 11 heavy (non-hydrogen) atoms. The van der Waals surface area contributed by atoms with Crippen molar-refractivity contribution in [2.75, 3.05) is 27.2 Å². The molecular formula is C8H13NO2. The largest absolute Gasteiger partial charge is 0.468 e. The summed E-state index contributed by atoms with van der Waals surface area (Å²) in [5, 5.41) is 0. The molecule has 0 radical (unpaired) electrons. The Hall–Kier alpha value is -1.01. The third-order valence-electron chi connectivity index (χ3n) is 1.15. The van der Waals surface area contributed by atoms with E-state index in [9.17, 15) is 4.79 Å². The van der Waals surface area contributed by atoms with Gasteiger partial charge in [0.25, 0.3) is 0 Å². The van der Waals surface area contributed by atoms with Gasteiger partial charge in [0, 0.05) is 0 Å². The van der Waals surface area contributed by atoms with Crippen LogP contribution in [0.3, 0.4) is 0 Å². The highest BCUT2D eigenvalue weighted by atomic mass is 16.5. The number of carbonyl (C=O) groups is 1. The summed E-state index contributed by atoms with van der Waals surface area (Å²) >= 11 is 0. The summed E-state index contributed by atoms with van der Waals surface area (Å²) in [5.74, 6) is 5.36. The van der Waals surface area contributed by atoms with Crippen LogP contribution in [-0.4, -0.2) is 38.1 Å². The maximum absolute atomic E-state index is 10.7. The van der Waals surface area contributed by atoms with Crippen LogP contribution in [0, 0.1) is 11.8 Å². The lowest BCUT2D eigenvalue weighted by molar-refractivity contribution is -0.141. The second kappa shape index (κ2) is 5.75. The van der Waals surface area contributed by atoms with Crippen molar-refractivity contribution in [3.63, 3.8) is 0 Å². The van der Waals surface area contributed by atoms with E-state index in [1.807, 2.05) is 7.05 Å². The number of likely N-dealkylation sites (N-methyl/N-ethyl adjacent to an activating group) is 1. The van der Waals surface area contributed by atoms with Crippen molar-refractivity contribution in [1.29, 1.82) is 0 Å². The molecule has 0 fully saturated rings. The van der Waals surface area contributed by atoms with Crippen molar-refractivity contribution < 1.29 is 9.53 Å². The van der Waals surface area contributed by atoms with Gasteiger partial charge < -0.3 is 4.74 Å². The van der Waals surface area contributed by atoms with Gasteiger partial charge in [-0.25, -0.2) is 0 Å². The minimum atomic E-state index is -0.231. The topological polar surface area (TPSA) is 29.5 Å². The fourth-order valence-corrected chi connectivity index (χ4v) is 0.555. The molecule has 0 N–H and O–H groups in total. The maximum atomic E-state index is 10.7. The van der Waals surface area contributed by atoms with Gasteiger partial charge in [-0.3, -0.25) is 9.69 Å². The number of nitrogens with zero attached hydrogens (tertiary/aromatic N) is 1. The Kier molecular flexibility index (Phi) is 5.22. The van der Waals surface area contributed by atoms with Crippen molar-refractivity contribution in [3.05, 3.63) is 0 Å². The molecule has 0 heterocycles. The van der Waals surface area contributed by atoms with E-state index >= 15 is 0 Å². The molecule has 0 aromatic rings. The molecule has 0 bridgehead atoms. The first-order valence-corrected chi connectivity index (χ1v) is 3.35. The third kappa shape index (κ3) is 5.43. The number of methoxy groups -OCH3 is 1. The van der Waals surface area contributed by atoms with Gasteiger partial charge in [-0.2, -0.15) is 0 Å². The fourth-order valence-electron chi connectivity index (χ4n) is 0.555. The first kappa shape index (κ1) is 9.99. The van der Waals surface area contributed by atoms with E-state index in [1.54, 1.807) is 11.8 Å². The van der Waals surface area contributed by atoms with Crippen molar-refractivity contribution in [2.24, 2.45) is 0 Å². The molecular weight excluding hydrogens is 142 g/mol. The highest BCUT2D eigenvalue weighted by Gasteiger charge is 2.03. The molecule has 0 aromatic carbocycles. The van der Waals surface area contributed by atoms with E-state index in [2.05, 4.69) is 16.6 Å². The molecule has 0 unspecified atom stereocenters. The molecule has 0 aliphatic heterocycles. The summed E-state index contributed by atoms with van der Waals surface area (Å²) in [6.45, 7) is 2.67. The number of carbonyl (C=O) groups excluding carboxylic acids is 1. The summed E-state index contributed by atoms with van der Waals surface area (Å²) in [4.78, 5) is 12.5. The highest BCUT2D eigenvalue weighted by molar-refractivity contribution is 5.71. The quantitative estimate of drug-likeness (QED) is 0.428. The van der Waals surface area contributed by atoms with Crippen molar-refractivity contribution >= 4 is 5.97 Å². The standard InChI is InChI=1S/C8H13NO2/c1-4-5-6-9(2)7-8(10)11-3/h6-7H2,1-3H3. The molecule has 0 saturated heterocycles. The average Bonchev–Trinajstić information content (AvgIpc) is 2.00. The summed E-state index contributed by atoms with van der Waals surface area (Å²) in [5.41, 5.74) is 0. The first-order chi connectivity index (χ1) is 5.20. The molecule has 62 valence electrons. The summed E-state index contributed by atoms with van der Waals surface area (Å²) < 4.78 is 4.47. The van der Waals surface area contributed by atoms with Gasteiger partial charge in [0.1, 0.15) is 0 Å².